The van der Waals surface area contributed by atoms with Gasteiger partial charge in [-0.2, -0.15) is 0 Å². The largest absolute Gasteiger partial charge is 0.382 e. The van der Waals surface area contributed by atoms with Crippen LogP contribution in [0.5, 0.6) is 0 Å². The van der Waals surface area contributed by atoms with Crippen molar-refractivity contribution in [3.05, 3.63) is 28.2 Å². The predicted molar refractivity (Wildman–Crippen MR) is 60.6 cm³/mol. The fourth-order valence-electron chi connectivity index (χ4n) is 1.09. The summed E-state index contributed by atoms with van der Waals surface area (Å²) in [6.45, 7) is 2.64. The van der Waals surface area contributed by atoms with E-state index in [0.29, 0.717) is 18.2 Å². The maximum atomic E-state index is 5.43. The number of hydrogen-bond donors (Lipinski definition) is 2. The molecule has 0 aliphatic carbocycles. The fourth-order valence-corrected chi connectivity index (χ4v) is 1.80. The number of nitrogens with two attached hydrogens (primary N) is 1. The molecule has 0 aliphatic heterocycles. The van der Waals surface area contributed by atoms with Crippen LogP contribution in [0.2, 0.25) is 0 Å². The lowest BCUT2D eigenvalue weighted by Crippen LogP contribution is -2.03. The molecule has 15 heavy (non-hydrogen) atoms. The molecule has 0 unspecified atom stereocenters. The van der Waals surface area contributed by atoms with Gasteiger partial charge < -0.3 is 11.1 Å². The molecule has 0 amide bonds. The summed E-state index contributed by atoms with van der Waals surface area (Å²) >= 11 is 1.63. The molecule has 0 atom stereocenters. The molecule has 0 aliphatic rings. The normalized spacial score (nSPS) is 10.2. The second kappa shape index (κ2) is 4.22. The molecule has 0 radical (unpaired) electrons. The quantitative estimate of drug-likeness (QED) is 0.820. The van der Waals surface area contributed by atoms with Crippen molar-refractivity contribution in [2.24, 2.45) is 0 Å². The SMILES string of the molecule is Cc1csc(CNc2ccc(N)nn2)n1. The van der Waals surface area contributed by atoms with Crippen molar-refractivity contribution in [3.63, 3.8) is 0 Å². The van der Waals surface area contributed by atoms with Crippen molar-refractivity contribution in [1.29, 1.82) is 0 Å². The van der Waals surface area contributed by atoms with Crippen molar-refractivity contribution >= 4 is 23.0 Å². The summed E-state index contributed by atoms with van der Waals surface area (Å²) in [4.78, 5) is 4.33. The van der Waals surface area contributed by atoms with E-state index in [1.807, 2.05) is 12.3 Å². The van der Waals surface area contributed by atoms with Gasteiger partial charge in [-0.05, 0) is 19.1 Å². The zero-order chi connectivity index (χ0) is 10.7. The lowest BCUT2D eigenvalue weighted by molar-refractivity contribution is 0.996. The molecule has 3 N–H and O–H groups in total. The lowest BCUT2D eigenvalue weighted by atomic mass is 10.5. The average Bonchev–Trinajstić information content (AvgIpc) is 2.64. The molecule has 0 aromatic carbocycles. The monoisotopic (exact) mass is 221 g/mol. The number of thiazole rings is 1. The number of nitrogens with zero attached hydrogens (tertiary/aromatic N) is 3. The van der Waals surface area contributed by atoms with Gasteiger partial charge in [0.1, 0.15) is 16.6 Å². The molecule has 0 fully saturated rings. The highest BCUT2D eigenvalue weighted by Gasteiger charge is 1.99. The van der Waals surface area contributed by atoms with Crippen molar-refractivity contribution in [2.45, 2.75) is 13.5 Å². The second-order valence-corrected chi connectivity index (χ2v) is 4.02. The highest BCUT2D eigenvalue weighted by molar-refractivity contribution is 7.09. The third-order valence-corrected chi connectivity index (χ3v) is 2.74. The number of rotatable bonds is 3. The van der Waals surface area contributed by atoms with Crippen LogP contribution in [0.4, 0.5) is 11.6 Å². The van der Waals surface area contributed by atoms with E-state index in [9.17, 15) is 0 Å². The van der Waals surface area contributed by atoms with Crippen molar-refractivity contribution in [2.75, 3.05) is 11.1 Å². The summed E-state index contributed by atoms with van der Waals surface area (Å²) in [6, 6.07) is 3.51. The van der Waals surface area contributed by atoms with Crippen LogP contribution in [0.3, 0.4) is 0 Å². The van der Waals surface area contributed by atoms with Crippen LogP contribution in [0.25, 0.3) is 0 Å². The number of aryl methyl sites for hydroxylation is 1. The van der Waals surface area contributed by atoms with Gasteiger partial charge in [0.05, 0.1) is 6.54 Å². The van der Waals surface area contributed by atoms with Crippen LogP contribution < -0.4 is 11.1 Å². The summed E-state index contributed by atoms with van der Waals surface area (Å²) in [7, 11) is 0. The minimum absolute atomic E-state index is 0.422. The number of hydrogen-bond acceptors (Lipinski definition) is 6. The first-order valence-corrected chi connectivity index (χ1v) is 5.36. The Kier molecular flexibility index (Phi) is 2.77. The maximum absolute atomic E-state index is 5.43. The van der Waals surface area contributed by atoms with Crippen LogP contribution in [0, 0.1) is 6.92 Å². The number of aromatic nitrogens is 3. The third-order valence-electron chi connectivity index (χ3n) is 1.77. The van der Waals surface area contributed by atoms with Gasteiger partial charge in [0.2, 0.25) is 0 Å². The Labute approximate surface area is 91.4 Å². The van der Waals surface area contributed by atoms with Gasteiger partial charge in [-0.25, -0.2) is 4.98 Å². The molecule has 2 aromatic rings. The summed E-state index contributed by atoms with van der Waals surface area (Å²) in [6.07, 6.45) is 0. The minimum Gasteiger partial charge on any atom is -0.382 e. The molecule has 0 saturated heterocycles. The Morgan fingerprint density at radius 3 is 2.87 bits per heavy atom. The Balaban J connectivity index is 1.96. The standard InChI is InChI=1S/C9H11N5S/c1-6-5-15-9(12-6)4-11-8-3-2-7(10)13-14-8/h2-3,5H,4H2,1H3,(H2,10,13)(H,11,14). The molecule has 0 spiro atoms. The van der Waals surface area contributed by atoms with Gasteiger partial charge in [0.15, 0.2) is 0 Å². The van der Waals surface area contributed by atoms with Crippen LogP contribution in [-0.2, 0) is 6.54 Å². The highest BCUT2D eigenvalue weighted by atomic mass is 32.1. The molecule has 6 heteroatoms. The predicted octanol–water partition coefficient (Wildman–Crippen LogP) is 1.44. The summed E-state index contributed by atoms with van der Waals surface area (Å²) < 4.78 is 0. The fraction of sp³-hybridized carbons (Fsp3) is 0.222. The van der Waals surface area contributed by atoms with Crippen molar-refractivity contribution < 1.29 is 0 Å². The molecule has 0 bridgehead atoms. The van der Waals surface area contributed by atoms with Gasteiger partial charge in [0.25, 0.3) is 0 Å². The van der Waals surface area contributed by atoms with E-state index < -0.39 is 0 Å². The van der Waals surface area contributed by atoms with E-state index in [1.54, 1.807) is 23.5 Å². The summed E-state index contributed by atoms with van der Waals surface area (Å²) in [5.74, 6) is 1.13. The summed E-state index contributed by atoms with van der Waals surface area (Å²) in [5, 5.41) is 13.8. The molecule has 2 rings (SSSR count). The highest BCUT2D eigenvalue weighted by Crippen LogP contribution is 2.11. The van der Waals surface area contributed by atoms with E-state index >= 15 is 0 Å². The van der Waals surface area contributed by atoms with E-state index in [4.69, 9.17) is 5.73 Å². The van der Waals surface area contributed by atoms with Crippen molar-refractivity contribution in [3.8, 4) is 0 Å². The van der Waals surface area contributed by atoms with E-state index in [2.05, 4.69) is 20.5 Å². The summed E-state index contributed by atoms with van der Waals surface area (Å²) in [5.41, 5.74) is 6.47. The van der Waals surface area contributed by atoms with Crippen LogP contribution in [0.1, 0.15) is 10.7 Å². The van der Waals surface area contributed by atoms with Gasteiger partial charge in [-0.3, -0.25) is 0 Å². The molecule has 2 aromatic heterocycles. The Morgan fingerprint density at radius 1 is 1.40 bits per heavy atom. The van der Waals surface area contributed by atoms with Gasteiger partial charge in [-0.15, -0.1) is 21.5 Å². The second-order valence-electron chi connectivity index (χ2n) is 3.08. The Morgan fingerprint density at radius 2 is 2.27 bits per heavy atom. The van der Waals surface area contributed by atoms with Crippen molar-refractivity contribution in [1.82, 2.24) is 15.2 Å². The van der Waals surface area contributed by atoms with Crippen LogP contribution >= 0.6 is 11.3 Å². The first kappa shape index (κ1) is 9.85. The Bertz CT molecular complexity index is 436. The van der Waals surface area contributed by atoms with Crippen LogP contribution in [0.15, 0.2) is 17.5 Å². The lowest BCUT2D eigenvalue weighted by Gasteiger charge is -2.01. The topological polar surface area (TPSA) is 76.7 Å². The molecule has 0 saturated carbocycles. The number of nitrogens with one attached hydrogen (secondary N) is 1. The number of anilines is 2. The van der Waals surface area contributed by atoms with Gasteiger partial charge >= 0.3 is 0 Å². The molecule has 2 heterocycles. The number of nitrogen functional groups attached to an aromatic ring is 1. The van der Waals surface area contributed by atoms with E-state index in [-0.39, 0.29) is 0 Å². The molecular weight excluding hydrogens is 210 g/mol. The smallest absolute Gasteiger partial charge is 0.149 e. The molecule has 5 nitrogen and oxygen atoms in total. The van der Waals surface area contributed by atoms with Crippen LogP contribution in [-0.4, -0.2) is 15.2 Å². The maximum Gasteiger partial charge on any atom is 0.149 e. The van der Waals surface area contributed by atoms with Gasteiger partial charge in [0, 0.05) is 11.1 Å². The van der Waals surface area contributed by atoms with E-state index in [1.165, 1.54) is 0 Å². The Hall–Kier alpha value is -1.69. The third kappa shape index (κ3) is 2.63. The first-order chi connectivity index (χ1) is 7.24. The first-order valence-electron chi connectivity index (χ1n) is 4.48. The zero-order valence-electron chi connectivity index (χ0n) is 8.27. The van der Waals surface area contributed by atoms with E-state index in [0.717, 1.165) is 10.7 Å². The van der Waals surface area contributed by atoms with Gasteiger partial charge in [-0.1, -0.05) is 0 Å². The molecule has 78 valence electrons. The molecular formula is C9H11N5S. The zero-order valence-corrected chi connectivity index (χ0v) is 9.08. The average molecular weight is 221 g/mol. The minimum atomic E-state index is 0.422.